The highest BCUT2D eigenvalue weighted by Crippen LogP contribution is 2.35. The van der Waals surface area contributed by atoms with Crippen molar-refractivity contribution in [2.45, 2.75) is 25.8 Å². The Morgan fingerprint density at radius 1 is 1.24 bits per heavy atom. The highest BCUT2D eigenvalue weighted by Gasteiger charge is 2.21. The van der Waals surface area contributed by atoms with Gasteiger partial charge in [-0.3, -0.25) is 4.98 Å². The molecule has 6 N–H and O–H groups in total. The number of hydrazine groups is 1. The molecule has 0 saturated carbocycles. The first-order valence-corrected chi connectivity index (χ1v) is 12.7. The molecule has 0 unspecified atom stereocenters. The summed E-state index contributed by atoms with van der Waals surface area (Å²) in [4.78, 5) is 6.76. The van der Waals surface area contributed by atoms with E-state index in [1.807, 2.05) is 6.07 Å². The molecular weight excluding hydrogens is 514 g/mol. The SMILES string of the molecule is CCN1CCC(N(N)/C=C(\N)CNc2cc(Cl)c3ncc(C#N)c(Nc4ccc(F)c(Cl)c4)c3c2)CC1. The molecule has 0 aliphatic carbocycles. The Morgan fingerprint density at radius 3 is 2.65 bits per heavy atom. The minimum atomic E-state index is -0.532. The molecule has 0 atom stereocenters. The normalized spacial score (nSPS) is 15.0. The molecule has 1 aliphatic heterocycles. The summed E-state index contributed by atoms with van der Waals surface area (Å²) in [5.74, 6) is 5.75. The average Bonchev–Trinajstić information content (AvgIpc) is 2.90. The number of hydrogen-bond donors (Lipinski definition) is 4. The summed E-state index contributed by atoms with van der Waals surface area (Å²) in [7, 11) is 0. The molecule has 2 heterocycles. The molecule has 194 valence electrons. The van der Waals surface area contributed by atoms with E-state index in [2.05, 4.69) is 33.5 Å². The van der Waals surface area contributed by atoms with E-state index in [0.717, 1.165) is 32.5 Å². The number of anilines is 3. The van der Waals surface area contributed by atoms with Crippen molar-refractivity contribution >= 4 is 51.2 Å². The molecule has 1 aliphatic rings. The van der Waals surface area contributed by atoms with Crippen molar-refractivity contribution < 1.29 is 4.39 Å². The van der Waals surface area contributed by atoms with Crippen molar-refractivity contribution in [2.75, 3.05) is 36.8 Å². The van der Waals surface area contributed by atoms with Gasteiger partial charge < -0.3 is 26.3 Å². The predicted octanol–water partition coefficient (Wildman–Crippen LogP) is 5.17. The van der Waals surface area contributed by atoms with Crippen LogP contribution in [0.4, 0.5) is 21.5 Å². The maximum absolute atomic E-state index is 13.6. The van der Waals surface area contributed by atoms with E-state index in [9.17, 15) is 9.65 Å². The van der Waals surface area contributed by atoms with E-state index in [1.54, 1.807) is 17.3 Å². The highest BCUT2D eigenvalue weighted by atomic mass is 35.5. The van der Waals surface area contributed by atoms with Crippen LogP contribution in [-0.4, -0.2) is 47.1 Å². The molecule has 11 heteroatoms. The van der Waals surface area contributed by atoms with Crippen LogP contribution in [0, 0.1) is 17.1 Å². The topological polar surface area (TPSA) is 119 Å². The number of nitriles is 1. The Hall–Kier alpha value is -3.29. The van der Waals surface area contributed by atoms with Gasteiger partial charge in [0.1, 0.15) is 11.9 Å². The number of hydrogen-bond acceptors (Lipinski definition) is 8. The van der Waals surface area contributed by atoms with Crippen molar-refractivity contribution in [3.8, 4) is 6.07 Å². The Morgan fingerprint density at radius 2 is 1.97 bits per heavy atom. The van der Waals surface area contributed by atoms with Crippen molar-refractivity contribution in [2.24, 2.45) is 11.6 Å². The molecule has 4 rings (SSSR count). The van der Waals surface area contributed by atoms with Crippen LogP contribution in [-0.2, 0) is 0 Å². The first-order valence-electron chi connectivity index (χ1n) is 12.0. The van der Waals surface area contributed by atoms with E-state index in [0.29, 0.717) is 50.8 Å². The Balaban J connectivity index is 1.54. The number of piperidine rings is 1. The molecule has 0 bridgehead atoms. The van der Waals surface area contributed by atoms with Crippen molar-refractivity contribution in [3.63, 3.8) is 0 Å². The molecule has 3 aromatic rings. The lowest BCUT2D eigenvalue weighted by Gasteiger charge is -2.35. The summed E-state index contributed by atoms with van der Waals surface area (Å²) in [6, 6.07) is 10.2. The number of nitrogens with one attached hydrogen (secondary N) is 2. The van der Waals surface area contributed by atoms with E-state index in [4.69, 9.17) is 34.8 Å². The summed E-state index contributed by atoms with van der Waals surface area (Å²) >= 11 is 12.5. The second-order valence-electron chi connectivity index (χ2n) is 8.94. The molecule has 0 spiro atoms. The zero-order chi connectivity index (χ0) is 26.5. The number of nitrogens with zero attached hydrogens (tertiary/aromatic N) is 4. The van der Waals surface area contributed by atoms with Crippen LogP contribution in [0.15, 0.2) is 48.4 Å². The second-order valence-corrected chi connectivity index (χ2v) is 9.75. The van der Waals surface area contributed by atoms with Crippen LogP contribution in [0.1, 0.15) is 25.3 Å². The molecule has 0 radical (unpaired) electrons. The number of benzene rings is 2. The van der Waals surface area contributed by atoms with Crippen LogP contribution >= 0.6 is 23.2 Å². The smallest absolute Gasteiger partial charge is 0.141 e. The third kappa shape index (κ3) is 6.35. The molecule has 1 saturated heterocycles. The van der Waals surface area contributed by atoms with Crippen molar-refractivity contribution in [1.29, 1.82) is 5.26 Å². The van der Waals surface area contributed by atoms with Gasteiger partial charge in [-0.15, -0.1) is 0 Å². The summed E-state index contributed by atoms with van der Waals surface area (Å²) in [5.41, 5.74) is 9.33. The van der Waals surface area contributed by atoms with Gasteiger partial charge in [-0.1, -0.05) is 30.1 Å². The summed E-state index contributed by atoms with van der Waals surface area (Å²) in [6.45, 7) is 5.60. The molecule has 1 aromatic heterocycles. The van der Waals surface area contributed by atoms with Crippen LogP contribution in [0.2, 0.25) is 10.0 Å². The van der Waals surface area contributed by atoms with E-state index in [-0.39, 0.29) is 11.1 Å². The third-order valence-electron chi connectivity index (χ3n) is 6.47. The zero-order valence-corrected chi connectivity index (χ0v) is 22.0. The Labute approximate surface area is 225 Å². The lowest BCUT2D eigenvalue weighted by Crippen LogP contribution is -2.46. The number of fused-ring (bicyclic) bond motifs is 1. The molecule has 37 heavy (non-hydrogen) atoms. The number of aromatic nitrogens is 1. The van der Waals surface area contributed by atoms with Crippen LogP contribution in [0.5, 0.6) is 0 Å². The predicted molar refractivity (Wildman–Crippen MR) is 148 cm³/mol. The van der Waals surface area contributed by atoms with Gasteiger partial charge in [0, 0.05) is 54.0 Å². The van der Waals surface area contributed by atoms with Gasteiger partial charge in [0.15, 0.2) is 0 Å². The molecule has 2 aromatic carbocycles. The monoisotopic (exact) mass is 542 g/mol. The number of rotatable bonds is 8. The maximum atomic E-state index is 13.6. The van der Waals surface area contributed by atoms with Gasteiger partial charge in [0.25, 0.3) is 0 Å². The van der Waals surface area contributed by atoms with Gasteiger partial charge in [0.05, 0.1) is 33.4 Å². The minimum absolute atomic E-state index is 0.0330. The van der Waals surface area contributed by atoms with Gasteiger partial charge in [-0.05, 0) is 49.7 Å². The number of likely N-dealkylation sites (tertiary alicyclic amines) is 1. The average molecular weight is 543 g/mol. The lowest BCUT2D eigenvalue weighted by atomic mass is 10.0. The van der Waals surface area contributed by atoms with Gasteiger partial charge in [0.2, 0.25) is 0 Å². The van der Waals surface area contributed by atoms with Crippen molar-refractivity contribution in [1.82, 2.24) is 14.9 Å². The largest absolute Gasteiger partial charge is 0.399 e. The quantitative estimate of drug-likeness (QED) is 0.227. The number of pyridine rings is 1. The molecule has 0 amide bonds. The molecule has 8 nitrogen and oxygen atoms in total. The zero-order valence-electron chi connectivity index (χ0n) is 20.4. The van der Waals surface area contributed by atoms with E-state index < -0.39 is 5.82 Å². The summed E-state index contributed by atoms with van der Waals surface area (Å²) in [6.07, 6.45) is 5.19. The maximum Gasteiger partial charge on any atom is 0.141 e. The Bertz CT molecular complexity index is 1350. The van der Waals surface area contributed by atoms with Gasteiger partial charge >= 0.3 is 0 Å². The minimum Gasteiger partial charge on any atom is -0.399 e. The first-order chi connectivity index (χ1) is 17.8. The summed E-state index contributed by atoms with van der Waals surface area (Å²) in [5, 5.41) is 18.8. The van der Waals surface area contributed by atoms with Gasteiger partial charge in [-0.2, -0.15) is 5.26 Å². The van der Waals surface area contributed by atoms with Crippen LogP contribution in [0.25, 0.3) is 10.9 Å². The lowest BCUT2D eigenvalue weighted by molar-refractivity contribution is 0.146. The van der Waals surface area contributed by atoms with Crippen molar-refractivity contribution in [3.05, 3.63) is 69.9 Å². The van der Waals surface area contributed by atoms with E-state index in [1.165, 1.54) is 24.4 Å². The third-order valence-corrected chi connectivity index (χ3v) is 7.05. The van der Waals surface area contributed by atoms with E-state index >= 15 is 0 Å². The summed E-state index contributed by atoms with van der Waals surface area (Å²) < 4.78 is 13.6. The number of halogens is 3. The standard InChI is InChI=1S/C26H29Cl2FN8/c1-2-36-7-5-20(6-8-36)37(32)15-17(31)14-33-19-9-21-25(35-18-3-4-24(29)22(27)10-18)16(12-30)13-34-26(21)23(28)11-19/h3-4,9-11,13,15,20,33H,2,5-8,14,31-32H2,1H3,(H,34,35)/b17-15-. The fraction of sp³-hybridized carbons (Fsp3) is 0.308. The number of nitrogens with two attached hydrogens (primary N) is 2. The second kappa shape index (κ2) is 11.8. The first kappa shape index (κ1) is 26.8. The fourth-order valence-corrected chi connectivity index (χ4v) is 4.83. The molecular formula is C26H29Cl2FN8. The van der Waals surface area contributed by atoms with Gasteiger partial charge in [-0.25, -0.2) is 10.2 Å². The van der Waals surface area contributed by atoms with Crippen LogP contribution < -0.4 is 22.2 Å². The Kier molecular flexibility index (Phi) is 8.56. The van der Waals surface area contributed by atoms with Crippen LogP contribution in [0.3, 0.4) is 0 Å². The molecule has 1 fully saturated rings. The fourth-order valence-electron chi connectivity index (χ4n) is 4.38. The highest BCUT2D eigenvalue weighted by molar-refractivity contribution is 6.36.